The largest absolute Gasteiger partial charge is 0.464 e. The zero-order valence-electron chi connectivity index (χ0n) is 7.95. The summed E-state index contributed by atoms with van der Waals surface area (Å²) < 4.78 is 5.28. The van der Waals surface area contributed by atoms with Gasteiger partial charge in [0.15, 0.2) is 0 Å². The van der Waals surface area contributed by atoms with Gasteiger partial charge in [-0.3, -0.25) is 0 Å². The van der Waals surface area contributed by atoms with E-state index in [1.807, 2.05) is 19.1 Å². The minimum Gasteiger partial charge on any atom is -0.464 e. The van der Waals surface area contributed by atoms with E-state index in [2.05, 4.69) is 0 Å². The molecule has 0 atom stereocenters. The number of aliphatic hydroxyl groups excluding tert-OH is 2. The van der Waals surface area contributed by atoms with Crippen LogP contribution in [-0.2, 0) is 13.2 Å². The van der Waals surface area contributed by atoms with Crippen molar-refractivity contribution in [2.24, 2.45) is 0 Å². The summed E-state index contributed by atoms with van der Waals surface area (Å²) in [6, 6.07) is 3.71. The quantitative estimate of drug-likeness (QED) is 0.761. The first-order chi connectivity index (χ1) is 6.77. The maximum Gasteiger partial charge on any atom is 0.139 e. The average Bonchev–Trinajstić information content (AvgIpc) is 2.64. The minimum absolute atomic E-state index is 0.0139. The zero-order chi connectivity index (χ0) is 10.1. The van der Waals surface area contributed by atoms with E-state index in [9.17, 15) is 5.11 Å². The maximum absolute atomic E-state index is 9.21. The second kappa shape index (κ2) is 3.44. The van der Waals surface area contributed by atoms with E-state index in [-0.39, 0.29) is 13.2 Å². The zero-order valence-corrected chi connectivity index (χ0v) is 7.95. The van der Waals surface area contributed by atoms with Crippen molar-refractivity contribution in [3.8, 4) is 0 Å². The predicted octanol–water partition coefficient (Wildman–Crippen LogP) is 1.73. The van der Waals surface area contributed by atoms with Crippen molar-refractivity contribution in [2.45, 2.75) is 20.1 Å². The normalized spacial score (nSPS) is 11.1. The number of hydrogen-bond acceptors (Lipinski definition) is 3. The van der Waals surface area contributed by atoms with Gasteiger partial charge in [0.25, 0.3) is 0 Å². The van der Waals surface area contributed by atoms with Gasteiger partial charge in [-0.2, -0.15) is 0 Å². The van der Waals surface area contributed by atoms with E-state index in [1.54, 1.807) is 6.26 Å². The molecule has 0 spiro atoms. The predicted molar refractivity (Wildman–Crippen MR) is 52.8 cm³/mol. The van der Waals surface area contributed by atoms with Gasteiger partial charge in [0, 0.05) is 10.9 Å². The Morgan fingerprint density at radius 1 is 1.29 bits per heavy atom. The maximum atomic E-state index is 9.21. The fourth-order valence-corrected chi connectivity index (χ4v) is 1.69. The van der Waals surface area contributed by atoms with E-state index >= 15 is 0 Å². The van der Waals surface area contributed by atoms with E-state index in [4.69, 9.17) is 9.52 Å². The van der Waals surface area contributed by atoms with Gasteiger partial charge in [-0.1, -0.05) is 0 Å². The van der Waals surface area contributed by atoms with Crippen molar-refractivity contribution in [1.82, 2.24) is 0 Å². The molecule has 0 unspecified atom stereocenters. The summed E-state index contributed by atoms with van der Waals surface area (Å²) in [5.41, 5.74) is 3.21. The summed E-state index contributed by atoms with van der Waals surface area (Å²) >= 11 is 0. The molecule has 1 aromatic carbocycles. The Hall–Kier alpha value is -1.32. The van der Waals surface area contributed by atoms with Crippen molar-refractivity contribution in [3.63, 3.8) is 0 Å². The number of aliphatic hydroxyl groups is 2. The van der Waals surface area contributed by atoms with Gasteiger partial charge in [0.1, 0.15) is 5.58 Å². The van der Waals surface area contributed by atoms with Gasteiger partial charge in [0.05, 0.1) is 19.5 Å². The molecule has 14 heavy (non-hydrogen) atoms. The summed E-state index contributed by atoms with van der Waals surface area (Å²) in [4.78, 5) is 0. The number of hydrogen-bond donors (Lipinski definition) is 2. The molecule has 0 bridgehead atoms. The first kappa shape index (κ1) is 9.24. The monoisotopic (exact) mass is 192 g/mol. The minimum atomic E-state index is -0.0658. The first-order valence-electron chi connectivity index (χ1n) is 4.48. The van der Waals surface area contributed by atoms with Crippen LogP contribution in [0.2, 0.25) is 0 Å². The van der Waals surface area contributed by atoms with Crippen molar-refractivity contribution in [2.75, 3.05) is 0 Å². The molecule has 2 N–H and O–H groups in total. The summed E-state index contributed by atoms with van der Waals surface area (Å²) in [5, 5.41) is 19.3. The van der Waals surface area contributed by atoms with Crippen LogP contribution in [0.1, 0.15) is 16.7 Å². The molecule has 0 radical (unpaired) electrons. The number of benzene rings is 1. The molecule has 0 amide bonds. The Morgan fingerprint density at radius 3 is 2.71 bits per heavy atom. The van der Waals surface area contributed by atoms with Crippen LogP contribution < -0.4 is 0 Å². The van der Waals surface area contributed by atoms with Crippen LogP contribution >= 0.6 is 0 Å². The lowest BCUT2D eigenvalue weighted by Crippen LogP contribution is -1.96. The van der Waals surface area contributed by atoms with Crippen LogP contribution in [-0.4, -0.2) is 10.2 Å². The molecule has 0 aliphatic heterocycles. The molecule has 74 valence electrons. The van der Waals surface area contributed by atoms with Gasteiger partial charge in [-0.05, 0) is 30.2 Å². The van der Waals surface area contributed by atoms with E-state index < -0.39 is 0 Å². The molecule has 0 saturated carbocycles. The Bertz CT molecular complexity index is 457. The smallest absolute Gasteiger partial charge is 0.139 e. The fourth-order valence-electron chi connectivity index (χ4n) is 1.69. The SMILES string of the molecule is Cc1c(CO)cc2ccoc2c1CO. The topological polar surface area (TPSA) is 53.6 Å². The number of rotatable bonds is 2. The highest BCUT2D eigenvalue weighted by atomic mass is 16.3. The Kier molecular flexibility index (Phi) is 2.27. The molecule has 2 aromatic rings. The first-order valence-corrected chi connectivity index (χ1v) is 4.48. The molecule has 3 heteroatoms. The highest BCUT2D eigenvalue weighted by Crippen LogP contribution is 2.26. The average molecular weight is 192 g/mol. The molecule has 0 aliphatic rings. The van der Waals surface area contributed by atoms with Gasteiger partial charge in [-0.15, -0.1) is 0 Å². The second-order valence-corrected chi connectivity index (χ2v) is 3.29. The standard InChI is InChI=1S/C11H12O3/c1-7-9(5-12)4-8-2-3-14-11(8)10(7)6-13/h2-4,12-13H,5-6H2,1H3. The number of fused-ring (bicyclic) bond motifs is 1. The Balaban J connectivity index is 2.80. The molecule has 0 aliphatic carbocycles. The lowest BCUT2D eigenvalue weighted by Gasteiger charge is -2.08. The van der Waals surface area contributed by atoms with Crippen molar-refractivity contribution in [3.05, 3.63) is 35.1 Å². The van der Waals surface area contributed by atoms with Crippen LogP contribution in [0.25, 0.3) is 11.0 Å². The van der Waals surface area contributed by atoms with Gasteiger partial charge in [-0.25, -0.2) is 0 Å². The highest BCUT2D eigenvalue weighted by molar-refractivity contribution is 5.82. The van der Waals surface area contributed by atoms with E-state index in [0.29, 0.717) is 5.58 Å². The van der Waals surface area contributed by atoms with E-state index in [1.165, 1.54) is 0 Å². The lowest BCUT2D eigenvalue weighted by molar-refractivity contribution is 0.274. The van der Waals surface area contributed by atoms with Crippen molar-refractivity contribution in [1.29, 1.82) is 0 Å². The van der Waals surface area contributed by atoms with Crippen molar-refractivity contribution < 1.29 is 14.6 Å². The van der Waals surface area contributed by atoms with Gasteiger partial charge < -0.3 is 14.6 Å². The Labute approximate surface area is 81.6 Å². The van der Waals surface area contributed by atoms with Crippen molar-refractivity contribution >= 4 is 11.0 Å². The molecule has 0 saturated heterocycles. The lowest BCUT2D eigenvalue weighted by atomic mass is 10.0. The van der Waals surface area contributed by atoms with Crippen LogP contribution in [0.15, 0.2) is 22.8 Å². The van der Waals surface area contributed by atoms with E-state index in [0.717, 1.165) is 22.1 Å². The molecule has 1 aromatic heterocycles. The number of furan rings is 1. The van der Waals surface area contributed by atoms with Crippen LogP contribution in [0.4, 0.5) is 0 Å². The van der Waals surface area contributed by atoms with Crippen LogP contribution in [0.3, 0.4) is 0 Å². The molecule has 1 heterocycles. The molecular formula is C11H12O3. The molecular weight excluding hydrogens is 180 g/mol. The molecule has 3 nitrogen and oxygen atoms in total. The third kappa shape index (κ3) is 1.22. The molecule has 0 fully saturated rings. The summed E-state index contributed by atoms with van der Waals surface area (Å²) in [5.74, 6) is 0. The summed E-state index contributed by atoms with van der Waals surface area (Å²) in [7, 11) is 0. The third-order valence-corrected chi connectivity index (χ3v) is 2.56. The summed E-state index contributed by atoms with van der Waals surface area (Å²) in [6.45, 7) is 1.79. The van der Waals surface area contributed by atoms with Crippen LogP contribution in [0, 0.1) is 6.92 Å². The molecule has 2 rings (SSSR count). The van der Waals surface area contributed by atoms with Gasteiger partial charge in [0.2, 0.25) is 0 Å². The summed E-state index contributed by atoms with van der Waals surface area (Å²) in [6.07, 6.45) is 1.59. The second-order valence-electron chi connectivity index (χ2n) is 3.29. The fraction of sp³-hybridized carbons (Fsp3) is 0.273. The third-order valence-electron chi connectivity index (χ3n) is 2.56. The Morgan fingerprint density at radius 2 is 2.07 bits per heavy atom. The van der Waals surface area contributed by atoms with Gasteiger partial charge >= 0.3 is 0 Å². The highest BCUT2D eigenvalue weighted by Gasteiger charge is 2.10. The van der Waals surface area contributed by atoms with Crippen LogP contribution in [0.5, 0.6) is 0 Å².